The molecule has 1 aliphatic heterocycles. The van der Waals surface area contributed by atoms with Crippen LogP contribution in [0.1, 0.15) is 16.8 Å². The zero-order chi connectivity index (χ0) is 25.6. The van der Waals surface area contributed by atoms with Crippen LogP contribution in [0, 0.1) is 13.8 Å². The van der Waals surface area contributed by atoms with Gasteiger partial charge in [0.15, 0.2) is 5.69 Å². The summed E-state index contributed by atoms with van der Waals surface area (Å²) in [5.41, 5.74) is 1.86. The van der Waals surface area contributed by atoms with Gasteiger partial charge in [0, 0.05) is 18.0 Å². The van der Waals surface area contributed by atoms with Gasteiger partial charge in [-0.1, -0.05) is 6.07 Å². The SMILES string of the molecule is Cc1cc(-c2nn(-c3ccc(N4CCOC4=O)cc3C)ccc2=O)n(-c2cccc(C(F)(F)F)c2)n1. The van der Waals surface area contributed by atoms with Crippen LogP contribution in [-0.2, 0) is 10.9 Å². The van der Waals surface area contributed by atoms with Crippen molar-refractivity contribution in [3.8, 4) is 22.8 Å². The number of cyclic esters (lactones) is 1. The van der Waals surface area contributed by atoms with Crippen molar-refractivity contribution >= 4 is 11.8 Å². The Balaban J connectivity index is 1.58. The Morgan fingerprint density at radius 3 is 2.44 bits per heavy atom. The molecule has 36 heavy (non-hydrogen) atoms. The van der Waals surface area contributed by atoms with Crippen LogP contribution in [0.2, 0.25) is 0 Å². The lowest BCUT2D eigenvalue weighted by molar-refractivity contribution is -0.137. The maximum absolute atomic E-state index is 13.3. The Bertz CT molecular complexity index is 1540. The van der Waals surface area contributed by atoms with Gasteiger partial charge in [-0.25, -0.2) is 14.2 Å². The van der Waals surface area contributed by atoms with Gasteiger partial charge in [-0.15, -0.1) is 0 Å². The topological polar surface area (TPSA) is 82.3 Å². The van der Waals surface area contributed by atoms with Gasteiger partial charge in [0.2, 0.25) is 5.43 Å². The molecule has 0 spiro atoms. The zero-order valence-electron chi connectivity index (χ0n) is 19.3. The molecule has 1 saturated heterocycles. The number of benzene rings is 2. The number of nitrogens with zero attached hydrogens (tertiary/aromatic N) is 5. The lowest BCUT2D eigenvalue weighted by Gasteiger charge is -2.16. The molecule has 2 aromatic carbocycles. The number of alkyl halides is 3. The van der Waals surface area contributed by atoms with Gasteiger partial charge >= 0.3 is 12.3 Å². The molecule has 0 aliphatic carbocycles. The maximum Gasteiger partial charge on any atom is 0.416 e. The van der Waals surface area contributed by atoms with Crippen LogP contribution in [0.15, 0.2) is 65.6 Å². The van der Waals surface area contributed by atoms with Crippen molar-refractivity contribution in [3.05, 3.63) is 87.8 Å². The Kier molecular flexibility index (Phi) is 5.62. The van der Waals surface area contributed by atoms with E-state index in [1.54, 1.807) is 25.1 Å². The number of ether oxygens (including phenoxy) is 1. The van der Waals surface area contributed by atoms with E-state index < -0.39 is 23.3 Å². The number of halogens is 3. The van der Waals surface area contributed by atoms with Gasteiger partial charge in [-0.2, -0.15) is 23.4 Å². The summed E-state index contributed by atoms with van der Waals surface area (Å²) in [6.07, 6.45) is -3.43. The highest BCUT2D eigenvalue weighted by molar-refractivity contribution is 5.89. The second kappa shape index (κ2) is 8.67. The summed E-state index contributed by atoms with van der Waals surface area (Å²) in [7, 11) is 0. The molecule has 0 unspecified atom stereocenters. The lowest BCUT2D eigenvalue weighted by Crippen LogP contribution is -2.23. The summed E-state index contributed by atoms with van der Waals surface area (Å²) in [5, 5.41) is 8.82. The molecule has 2 aromatic heterocycles. The molecule has 5 rings (SSSR count). The first-order valence-corrected chi connectivity index (χ1v) is 11.0. The van der Waals surface area contributed by atoms with Crippen LogP contribution < -0.4 is 10.3 Å². The van der Waals surface area contributed by atoms with E-state index in [4.69, 9.17) is 4.74 Å². The van der Waals surface area contributed by atoms with E-state index in [2.05, 4.69) is 10.2 Å². The lowest BCUT2D eigenvalue weighted by atomic mass is 10.1. The van der Waals surface area contributed by atoms with E-state index >= 15 is 0 Å². The number of amides is 1. The molecule has 0 atom stereocenters. The zero-order valence-corrected chi connectivity index (χ0v) is 19.3. The van der Waals surface area contributed by atoms with Crippen molar-refractivity contribution < 1.29 is 22.7 Å². The van der Waals surface area contributed by atoms with Gasteiger partial charge in [0.1, 0.15) is 6.61 Å². The first-order chi connectivity index (χ1) is 17.1. The van der Waals surface area contributed by atoms with Gasteiger partial charge in [0.05, 0.1) is 34.9 Å². The number of anilines is 1. The van der Waals surface area contributed by atoms with E-state index in [1.165, 1.54) is 38.7 Å². The normalized spacial score (nSPS) is 13.8. The average Bonchev–Trinajstić information content (AvgIpc) is 3.44. The Labute approximate surface area is 203 Å². The highest BCUT2D eigenvalue weighted by Gasteiger charge is 2.31. The van der Waals surface area contributed by atoms with E-state index in [-0.39, 0.29) is 17.1 Å². The number of aromatic nitrogens is 4. The fraction of sp³-hybridized carbons (Fsp3) is 0.200. The van der Waals surface area contributed by atoms with Crippen molar-refractivity contribution in [1.29, 1.82) is 0 Å². The average molecular weight is 495 g/mol. The molecule has 0 radical (unpaired) electrons. The molecule has 3 heterocycles. The molecule has 8 nitrogen and oxygen atoms in total. The monoisotopic (exact) mass is 495 g/mol. The predicted molar refractivity (Wildman–Crippen MR) is 126 cm³/mol. The number of hydrogen-bond donors (Lipinski definition) is 0. The summed E-state index contributed by atoms with van der Waals surface area (Å²) >= 11 is 0. The quantitative estimate of drug-likeness (QED) is 0.411. The Morgan fingerprint density at radius 2 is 1.75 bits per heavy atom. The van der Waals surface area contributed by atoms with E-state index in [0.717, 1.165) is 17.7 Å². The molecule has 184 valence electrons. The van der Waals surface area contributed by atoms with E-state index in [9.17, 15) is 22.8 Å². The number of hydrogen-bond acceptors (Lipinski definition) is 5. The highest BCUT2D eigenvalue weighted by Crippen LogP contribution is 2.31. The van der Waals surface area contributed by atoms with E-state index in [1.807, 2.05) is 13.0 Å². The number of carbonyl (C=O) groups is 1. The molecule has 0 N–H and O–H groups in total. The van der Waals surface area contributed by atoms with Crippen LogP contribution in [-0.4, -0.2) is 38.8 Å². The van der Waals surface area contributed by atoms with Crippen LogP contribution >= 0.6 is 0 Å². The largest absolute Gasteiger partial charge is 0.447 e. The van der Waals surface area contributed by atoms with Crippen molar-refractivity contribution in [3.63, 3.8) is 0 Å². The van der Waals surface area contributed by atoms with Crippen LogP contribution in [0.3, 0.4) is 0 Å². The molecule has 11 heteroatoms. The number of carbonyl (C=O) groups excluding carboxylic acids is 1. The molecular weight excluding hydrogens is 475 g/mol. The third-order valence-electron chi connectivity index (χ3n) is 5.80. The fourth-order valence-electron chi connectivity index (χ4n) is 4.09. The summed E-state index contributed by atoms with van der Waals surface area (Å²) in [5.74, 6) is 0. The first-order valence-electron chi connectivity index (χ1n) is 11.0. The third kappa shape index (κ3) is 4.23. The summed E-state index contributed by atoms with van der Waals surface area (Å²) in [6.45, 7) is 4.30. The Hall–Kier alpha value is -4.41. The van der Waals surface area contributed by atoms with Crippen LogP contribution in [0.25, 0.3) is 22.8 Å². The third-order valence-corrected chi connectivity index (χ3v) is 5.80. The van der Waals surface area contributed by atoms with Gasteiger partial charge < -0.3 is 4.74 Å². The molecule has 1 aliphatic rings. The molecule has 0 saturated carbocycles. The first kappa shape index (κ1) is 23.3. The summed E-state index contributed by atoms with van der Waals surface area (Å²) in [6, 6.07) is 13.0. The second-order valence-corrected chi connectivity index (χ2v) is 8.34. The Morgan fingerprint density at radius 1 is 0.944 bits per heavy atom. The minimum Gasteiger partial charge on any atom is -0.447 e. The molecule has 4 aromatic rings. The van der Waals surface area contributed by atoms with E-state index in [0.29, 0.717) is 30.2 Å². The second-order valence-electron chi connectivity index (χ2n) is 8.34. The number of aryl methyl sites for hydroxylation is 2. The smallest absolute Gasteiger partial charge is 0.416 e. The van der Waals surface area contributed by atoms with Gasteiger partial charge in [-0.3, -0.25) is 9.69 Å². The van der Waals surface area contributed by atoms with Crippen molar-refractivity contribution in [2.24, 2.45) is 0 Å². The number of rotatable bonds is 4. The van der Waals surface area contributed by atoms with Crippen molar-refractivity contribution in [1.82, 2.24) is 19.6 Å². The maximum atomic E-state index is 13.3. The van der Waals surface area contributed by atoms with Crippen molar-refractivity contribution in [2.45, 2.75) is 20.0 Å². The molecule has 1 amide bonds. The predicted octanol–water partition coefficient (Wildman–Crippen LogP) is 4.68. The van der Waals surface area contributed by atoms with Crippen LogP contribution in [0.4, 0.5) is 23.7 Å². The molecular formula is C25H20F3N5O3. The molecule has 1 fully saturated rings. The highest BCUT2D eigenvalue weighted by atomic mass is 19.4. The minimum absolute atomic E-state index is 0.0297. The van der Waals surface area contributed by atoms with Gasteiger partial charge in [0.25, 0.3) is 0 Å². The molecule has 0 bridgehead atoms. The standard InChI is InChI=1S/C25H20F3N5O3/c1-15-12-18(31-10-11-36-24(31)35)6-7-20(15)32-9-8-22(34)23(30-32)21-13-16(2)29-33(21)19-5-3-4-17(14-19)25(26,27)28/h3-9,12-14H,10-11H2,1-2H3. The van der Waals surface area contributed by atoms with Crippen molar-refractivity contribution in [2.75, 3.05) is 18.1 Å². The van der Waals surface area contributed by atoms with Crippen LogP contribution in [0.5, 0.6) is 0 Å². The van der Waals surface area contributed by atoms with Gasteiger partial charge in [-0.05, 0) is 61.9 Å². The minimum atomic E-state index is -4.52. The summed E-state index contributed by atoms with van der Waals surface area (Å²) in [4.78, 5) is 26.2. The summed E-state index contributed by atoms with van der Waals surface area (Å²) < 4.78 is 47.6. The fourth-order valence-corrected chi connectivity index (χ4v) is 4.09.